The van der Waals surface area contributed by atoms with E-state index in [2.05, 4.69) is 16.7 Å². The minimum Gasteiger partial charge on any atom is -0.376 e. The lowest BCUT2D eigenvalue weighted by Gasteiger charge is -2.09. The normalized spacial score (nSPS) is 10.2. The van der Waals surface area contributed by atoms with E-state index in [0.29, 0.717) is 11.6 Å². The van der Waals surface area contributed by atoms with Crippen LogP contribution in [-0.2, 0) is 11.3 Å². The van der Waals surface area contributed by atoms with Crippen LogP contribution in [-0.4, -0.2) is 12.5 Å². The number of halogens is 1. The third-order valence-corrected chi connectivity index (χ3v) is 3.60. The van der Waals surface area contributed by atoms with E-state index in [0.717, 1.165) is 16.8 Å². The Morgan fingerprint density at radius 3 is 2.67 bits per heavy atom. The van der Waals surface area contributed by atoms with Crippen LogP contribution >= 0.6 is 11.6 Å². The molecule has 1 amide bonds. The highest BCUT2D eigenvalue weighted by molar-refractivity contribution is 6.31. The van der Waals surface area contributed by atoms with Crippen LogP contribution in [0.25, 0.3) is 0 Å². The lowest BCUT2D eigenvalue weighted by atomic mass is 10.1. The van der Waals surface area contributed by atoms with Gasteiger partial charge in [0, 0.05) is 17.3 Å². The summed E-state index contributed by atoms with van der Waals surface area (Å²) in [6.07, 6.45) is 0. The van der Waals surface area contributed by atoms with Crippen LogP contribution in [0.1, 0.15) is 16.7 Å². The highest BCUT2D eigenvalue weighted by atomic mass is 35.5. The Morgan fingerprint density at radius 2 is 1.95 bits per heavy atom. The molecule has 0 spiro atoms. The van der Waals surface area contributed by atoms with E-state index < -0.39 is 0 Å². The van der Waals surface area contributed by atoms with Gasteiger partial charge in [0.25, 0.3) is 0 Å². The van der Waals surface area contributed by atoms with E-state index in [4.69, 9.17) is 11.6 Å². The van der Waals surface area contributed by atoms with Crippen LogP contribution < -0.4 is 10.6 Å². The van der Waals surface area contributed by atoms with Crippen molar-refractivity contribution in [2.75, 3.05) is 11.9 Å². The molecule has 0 fully saturated rings. The molecule has 3 nitrogen and oxygen atoms in total. The van der Waals surface area contributed by atoms with Crippen molar-refractivity contribution in [3.8, 4) is 0 Å². The van der Waals surface area contributed by atoms with Gasteiger partial charge in [0.2, 0.25) is 5.91 Å². The number of hydrogen-bond acceptors (Lipinski definition) is 2. The lowest BCUT2D eigenvalue weighted by Crippen LogP contribution is -2.29. The van der Waals surface area contributed by atoms with Crippen molar-refractivity contribution in [1.29, 1.82) is 0 Å². The second-order valence-corrected chi connectivity index (χ2v) is 5.49. The molecule has 0 saturated heterocycles. The number of amides is 1. The SMILES string of the molecule is Cc1cccc(CNC(=O)CNc2ccc(C)c(Cl)c2)c1. The fourth-order valence-electron chi connectivity index (χ4n) is 1.97. The number of carbonyl (C=O) groups is 1. The van der Waals surface area contributed by atoms with Gasteiger partial charge in [0.05, 0.1) is 6.54 Å². The van der Waals surface area contributed by atoms with Gasteiger partial charge in [-0.2, -0.15) is 0 Å². The average Bonchev–Trinajstić information content (AvgIpc) is 2.46. The van der Waals surface area contributed by atoms with Crippen molar-refractivity contribution in [2.45, 2.75) is 20.4 Å². The molecular formula is C17H19ClN2O. The zero-order valence-electron chi connectivity index (χ0n) is 12.2. The largest absolute Gasteiger partial charge is 0.376 e. The van der Waals surface area contributed by atoms with Crippen molar-refractivity contribution >= 4 is 23.2 Å². The minimum absolute atomic E-state index is 0.0480. The Labute approximate surface area is 130 Å². The van der Waals surface area contributed by atoms with E-state index in [1.165, 1.54) is 5.56 Å². The number of nitrogens with one attached hydrogen (secondary N) is 2. The molecule has 2 aromatic carbocycles. The van der Waals surface area contributed by atoms with Crippen LogP contribution in [0.5, 0.6) is 0 Å². The summed E-state index contributed by atoms with van der Waals surface area (Å²) in [6, 6.07) is 13.8. The molecule has 0 aliphatic rings. The number of anilines is 1. The quantitative estimate of drug-likeness (QED) is 0.884. The van der Waals surface area contributed by atoms with E-state index in [9.17, 15) is 4.79 Å². The predicted molar refractivity (Wildman–Crippen MR) is 87.7 cm³/mol. The van der Waals surface area contributed by atoms with Crippen LogP contribution in [0, 0.1) is 13.8 Å². The van der Waals surface area contributed by atoms with Gasteiger partial charge < -0.3 is 10.6 Å². The van der Waals surface area contributed by atoms with Crippen molar-refractivity contribution in [1.82, 2.24) is 5.32 Å². The van der Waals surface area contributed by atoms with Crippen LogP contribution in [0.4, 0.5) is 5.69 Å². The molecule has 0 heterocycles. The van der Waals surface area contributed by atoms with Crippen LogP contribution in [0.2, 0.25) is 5.02 Å². The van der Waals surface area contributed by atoms with Crippen molar-refractivity contribution in [2.24, 2.45) is 0 Å². The van der Waals surface area contributed by atoms with Gasteiger partial charge >= 0.3 is 0 Å². The van der Waals surface area contributed by atoms with Crippen molar-refractivity contribution < 1.29 is 4.79 Å². The molecule has 0 saturated carbocycles. The summed E-state index contributed by atoms with van der Waals surface area (Å²) < 4.78 is 0. The Hall–Kier alpha value is -2.00. The van der Waals surface area contributed by atoms with Gasteiger partial charge in [-0.25, -0.2) is 0 Å². The van der Waals surface area contributed by atoms with Crippen molar-refractivity contribution in [3.05, 3.63) is 64.2 Å². The second kappa shape index (κ2) is 7.14. The molecule has 2 rings (SSSR count). The summed E-state index contributed by atoms with van der Waals surface area (Å²) in [6.45, 7) is 4.75. The number of carbonyl (C=O) groups excluding carboxylic acids is 1. The predicted octanol–water partition coefficient (Wildman–Crippen LogP) is 3.69. The summed E-state index contributed by atoms with van der Waals surface area (Å²) >= 11 is 6.04. The zero-order valence-corrected chi connectivity index (χ0v) is 13.0. The van der Waals surface area contributed by atoms with Gasteiger partial charge in [-0.3, -0.25) is 4.79 Å². The molecule has 0 aliphatic carbocycles. The first kappa shape index (κ1) is 15.4. The maximum Gasteiger partial charge on any atom is 0.239 e. The summed E-state index contributed by atoms with van der Waals surface area (Å²) in [7, 11) is 0. The van der Waals surface area contributed by atoms with Gasteiger partial charge in [-0.1, -0.05) is 47.5 Å². The summed E-state index contributed by atoms with van der Waals surface area (Å²) in [4.78, 5) is 11.8. The first-order valence-corrected chi connectivity index (χ1v) is 7.24. The van der Waals surface area contributed by atoms with Gasteiger partial charge in [-0.15, -0.1) is 0 Å². The average molecular weight is 303 g/mol. The third-order valence-electron chi connectivity index (χ3n) is 3.20. The maximum atomic E-state index is 11.8. The number of rotatable bonds is 5. The van der Waals surface area contributed by atoms with E-state index in [-0.39, 0.29) is 12.5 Å². The topological polar surface area (TPSA) is 41.1 Å². The van der Waals surface area contributed by atoms with E-state index in [1.807, 2.05) is 50.2 Å². The maximum absolute atomic E-state index is 11.8. The number of benzene rings is 2. The molecule has 0 aliphatic heterocycles. The Kier molecular flexibility index (Phi) is 5.23. The summed E-state index contributed by atoms with van der Waals surface area (Å²) in [5, 5.41) is 6.65. The van der Waals surface area contributed by atoms with E-state index in [1.54, 1.807) is 0 Å². The minimum atomic E-state index is -0.0480. The molecule has 2 aromatic rings. The fourth-order valence-corrected chi connectivity index (χ4v) is 2.15. The molecule has 0 atom stereocenters. The van der Waals surface area contributed by atoms with Crippen molar-refractivity contribution in [3.63, 3.8) is 0 Å². The lowest BCUT2D eigenvalue weighted by molar-refractivity contribution is -0.119. The smallest absolute Gasteiger partial charge is 0.239 e. The molecule has 21 heavy (non-hydrogen) atoms. The molecule has 0 aromatic heterocycles. The zero-order chi connectivity index (χ0) is 15.2. The Balaban J connectivity index is 1.80. The van der Waals surface area contributed by atoms with E-state index >= 15 is 0 Å². The number of aryl methyl sites for hydroxylation is 2. The molecule has 0 bridgehead atoms. The van der Waals surface area contributed by atoms with Gasteiger partial charge in [0.1, 0.15) is 0 Å². The fraction of sp³-hybridized carbons (Fsp3) is 0.235. The molecule has 110 valence electrons. The highest BCUT2D eigenvalue weighted by Gasteiger charge is 2.03. The standard InChI is InChI=1S/C17H19ClN2O/c1-12-4-3-5-14(8-12)10-20-17(21)11-19-15-7-6-13(2)16(18)9-15/h3-9,19H,10-11H2,1-2H3,(H,20,21). The van der Waals surface area contributed by atoms with Gasteiger partial charge in [-0.05, 0) is 37.1 Å². The first-order valence-electron chi connectivity index (χ1n) is 6.87. The highest BCUT2D eigenvalue weighted by Crippen LogP contribution is 2.19. The van der Waals surface area contributed by atoms with Gasteiger partial charge in [0.15, 0.2) is 0 Å². The molecular weight excluding hydrogens is 284 g/mol. The first-order chi connectivity index (χ1) is 10.0. The molecule has 4 heteroatoms. The van der Waals surface area contributed by atoms with Crippen LogP contribution in [0.3, 0.4) is 0 Å². The Bertz CT molecular complexity index is 640. The van der Waals surface area contributed by atoms with Crippen LogP contribution in [0.15, 0.2) is 42.5 Å². The monoisotopic (exact) mass is 302 g/mol. The Morgan fingerprint density at radius 1 is 1.14 bits per heavy atom. The molecule has 2 N–H and O–H groups in total. The second-order valence-electron chi connectivity index (χ2n) is 5.08. The molecule has 0 radical (unpaired) electrons. The summed E-state index contributed by atoms with van der Waals surface area (Å²) in [5.41, 5.74) is 4.15. The number of hydrogen-bond donors (Lipinski definition) is 2. The summed E-state index contributed by atoms with van der Waals surface area (Å²) in [5.74, 6) is -0.0480. The molecule has 0 unspecified atom stereocenters. The third kappa shape index (κ3) is 4.80.